The number of carbonyl (C=O) groups is 4. The number of amides is 3. The topological polar surface area (TPSA) is 143 Å². The van der Waals surface area contributed by atoms with Gasteiger partial charge in [-0.15, -0.1) is 0 Å². The highest BCUT2D eigenvalue weighted by Gasteiger charge is 2.65. The van der Waals surface area contributed by atoms with Crippen molar-refractivity contribution < 1.29 is 19.2 Å². The van der Waals surface area contributed by atoms with Crippen LogP contribution in [0.3, 0.4) is 0 Å². The van der Waals surface area contributed by atoms with E-state index in [-0.39, 0.29) is 53.6 Å². The summed E-state index contributed by atoms with van der Waals surface area (Å²) in [6.07, 6.45) is 11.8. The van der Waals surface area contributed by atoms with E-state index in [0.717, 1.165) is 36.8 Å². The second-order valence-electron chi connectivity index (χ2n) is 13.3. The maximum absolute atomic E-state index is 14.3. The van der Waals surface area contributed by atoms with Crippen LogP contribution in [0.25, 0.3) is 22.0 Å². The van der Waals surface area contributed by atoms with Gasteiger partial charge in [0.05, 0.1) is 11.9 Å². The van der Waals surface area contributed by atoms with E-state index in [1.807, 2.05) is 25.1 Å². The van der Waals surface area contributed by atoms with Crippen LogP contribution in [-0.4, -0.2) is 83.7 Å². The van der Waals surface area contributed by atoms with E-state index in [9.17, 15) is 19.2 Å². The van der Waals surface area contributed by atoms with E-state index in [1.165, 1.54) is 6.92 Å². The van der Waals surface area contributed by atoms with Crippen LogP contribution in [-0.2, 0) is 27.3 Å². The summed E-state index contributed by atoms with van der Waals surface area (Å²) in [6, 6.07) is 8.27. The first kappa shape index (κ1) is 32.8. The van der Waals surface area contributed by atoms with Gasteiger partial charge in [0.2, 0.25) is 17.7 Å². The van der Waals surface area contributed by atoms with E-state index in [1.54, 1.807) is 46.1 Å². The Morgan fingerprint density at radius 3 is 2.63 bits per heavy atom. The van der Waals surface area contributed by atoms with E-state index < -0.39 is 6.04 Å². The maximum Gasteiger partial charge on any atom is 0.248 e. The fraction of sp³-hybridized carbons (Fsp3) is 0.389. The van der Waals surface area contributed by atoms with Crippen molar-refractivity contribution >= 4 is 56.2 Å². The van der Waals surface area contributed by atoms with Crippen LogP contribution in [0.2, 0.25) is 0 Å². The van der Waals surface area contributed by atoms with Crippen molar-refractivity contribution in [2.24, 2.45) is 5.41 Å². The van der Waals surface area contributed by atoms with Crippen LogP contribution in [0.4, 0.5) is 5.82 Å². The second kappa shape index (κ2) is 12.9. The summed E-state index contributed by atoms with van der Waals surface area (Å²) in [4.78, 5) is 70.6. The third-order valence-electron chi connectivity index (χ3n) is 9.91. The van der Waals surface area contributed by atoms with Gasteiger partial charge in [-0.1, -0.05) is 24.3 Å². The molecule has 3 aromatic heterocycles. The molecule has 2 fully saturated rings. The highest BCUT2D eigenvalue weighted by Crippen LogP contribution is 2.61. The van der Waals surface area contributed by atoms with Crippen LogP contribution in [0.5, 0.6) is 0 Å². The number of hydrogen-bond donors (Lipinski definition) is 1. The van der Waals surface area contributed by atoms with Crippen LogP contribution in [0.1, 0.15) is 60.9 Å². The molecule has 1 spiro atoms. The summed E-state index contributed by atoms with van der Waals surface area (Å²) in [7, 11) is 1.80. The van der Waals surface area contributed by atoms with Gasteiger partial charge in [0.1, 0.15) is 34.5 Å². The number of piperidine rings is 1. The molecule has 1 saturated heterocycles. The number of likely N-dealkylation sites (N-methyl/N-ethyl adjacent to an activating group) is 1. The highest BCUT2D eigenvalue weighted by molar-refractivity contribution is 9.10. The van der Waals surface area contributed by atoms with Gasteiger partial charge in [-0.3, -0.25) is 23.9 Å². The highest BCUT2D eigenvalue weighted by atomic mass is 79.9. The Kier molecular flexibility index (Phi) is 8.64. The average Bonchev–Trinajstić information content (AvgIpc) is 3.49. The molecule has 1 saturated carbocycles. The smallest absolute Gasteiger partial charge is 0.248 e. The van der Waals surface area contributed by atoms with Gasteiger partial charge in [-0.25, -0.2) is 15.0 Å². The Hall–Kier alpha value is -4.78. The largest absolute Gasteiger partial charge is 0.345 e. The standard InChI is InChI=1S/C36H37BrN8O4/c1-21(46)33-26-14-23(25-18-38-22(2)39-19-25)8-10-27(26)44(42-33)20-32(48)45-28-16-36(17-29(36)45)12-6-4-5-7-13-43(3)31(47)15-24-9-11-30(37)40-34(24)41-35(28)49/h6,8-12,14,18-19,28-29H,4-5,7,13,15-17,20H2,1-3H3,(H,40,41,49)/t28-,29+,36-/m0/s1. The SMILES string of the molecule is CC(=O)c1nn(CC(=O)N2[C@H]3C[C@@]4(C=CCCCCN(C)C(=O)Cc5ccc(Br)nc5NC3=O)C[C@@H]24)c2ccc(-c3cnc(C)nc3)cc12. The zero-order valence-corrected chi connectivity index (χ0v) is 29.2. The number of allylic oxidation sites excluding steroid dienone is 1. The molecule has 252 valence electrons. The zero-order valence-electron chi connectivity index (χ0n) is 27.6. The molecule has 1 N–H and O–H groups in total. The second-order valence-corrected chi connectivity index (χ2v) is 14.1. The normalized spacial score (nSPS) is 22.5. The van der Waals surface area contributed by atoms with Crippen molar-refractivity contribution in [1.82, 2.24) is 34.5 Å². The summed E-state index contributed by atoms with van der Waals surface area (Å²) in [5.74, 6) is 0.0636. The summed E-state index contributed by atoms with van der Waals surface area (Å²) in [5.41, 5.74) is 2.86. The van der Waals surface area contributed by atoms with Crippen molar-refractivity contribution in [3.63, 3.8) is 0 Å². The Balaban J connectivity index is 1.21. The van der Waals surface area contributed by atoms with E-state index in [4.69, 9.17) is 0 Å². The van der Waals surface area contributed by atoms with Gasteiger partial charge in [0, 0.05) is 60.9 Å². The van der Waals surface area contributed by atoms with Gasteiger partial charge in [-0.2, -0.15) is 5.10 Å². The fourth-order valence-electron chi connectivity index (χ4n) is 7.14. The number of aryl methyl sites for hydroxylation is 1. The van der Waals surface area contributed by atoms with Crippen LogP contribution < -0.4 is 5.32 Å². The molecule has 0 radical (unpaired) electrons. The Bertz CT molecular complexity index is 2030. The molecule has 1 aliphatic carbocycles. The number of nitrogens with one attached hydrogen (secondary N) is 1. The molecule has 3 aliphatic rings. The van der Waals surface area contributed by atoms with Crippen molar-refractivity contribution in [3.05, 3.63) is 76.6 Å². The fourth-order valence-corrected chi connectivity index (χ4v) is 7.45. The third-order valence-corrected chi connectivity index (χ3v) is 10.4. The summed E-state index contributed by atoms with van der Waals surface area (Å²) < 4.78 is 2.08. The zero-order chi connectivity index (χ0) is 34.4. The molecule has 1 aromatic carbocycles. The monoisotopic (exact) mass is 724 g/mol. The maximum atomic E-state index is 14.3. The molecular formula is C36H37BrN8O4. The van der Waals surface area contributed by atoms with Crippen LogP contribution >= 0.6 is 15.9 Å². The number of aromatic nitrogens is 5. The van der Waals surface area contributed by atoms with Gasteiger partial charge in [-0.05, 0) is 78.7 Å². The van der Waals surface area contributed by atoms with Crippen molar-refractivity contribution in [2.45, 2.75) is 71.0 Å². The Morgan fingerprint density at radius 1 is 1.06 bits per heavy atom. The minimum Gasteiger partial charge on any atom is -0.345 e. The number of rotatable bonds is 4. The average molecular weight is 726 g/mol. The first-order chi connectivity index (χ1) is 23.5. The predicted octanol–water partition coefficient (Wildman–Crippen LogP) is 4.90. The molecule has 2 bridgehead atoms. The summed E-state index contributed by atoms with van der Waals surface area (Å²) in [6.45, 7) is 3.78. The number of carbonyl (C=O) groups excluding carboxylic acids is 4. The number of nitrogens with zero attached hydrogens (tertiary/aromatic N) is 7. The molecular weight excluding hydrogens is 688 g/mol. The lowest BCUT2D eigenvalue weighted by atomic mass is 9.97. The van der Waals surface area contributed by atoms with Crippen molar-refractivity contribution in [2.75, 3.05) is 18.9 Å². The molecule has 3 amide bonds. The first-order valence-corrected chi connectivity index (χ1v) is 17.3. The van der Waals surface area contributed by atoms with Gasteiger partial charge in [0.15, 0.2) is 5.78 Å². The van der Waals surface area contributed by atoms with Crippen LogP contribution in [0.15, 0.2) is 59.5 Å². The molecule has 7 rings (SSSR count). The minimum atomic E-state index is -0.752. The number of Topliss-reactive ketones (excluding diaryl/α,β-unsaturated/α-hetero) is 1. The minimum absolute atomic E-state index is 0.0594. The molecule has 13 heteroatoms. The van der Waals surface area contributed by atoms with E-state index in [0.29, 0.717) is 45.7 Å². The number of likely N-dealkylation sites (tertiary alicyclic amines) is 1. The molecule has 5 heterocycles. The lowest BCUT2D eigenvalue weighted by molar-refractivity contribution is -0.138. The number of pyridine rings is 1. The van der Waals surface area contributed by atoms with Crippen LogP contribution in [0, 0.1) is 12.3 Å². The third kappa shape index (κ3) is 6.39. The Morgan fingerprint density at radius 2 is 1.86 bits per heavy atom. The number of halogens is 1. The van der Waals surface area contributed by atoms with Gasteiger partial charge >= 0.3 is 0 Å². The molecule has 49 heavy (non-hydrogen) atoms. The number of fused-ring (bicyclic) bond motifs is 3. The Labute approximate surface area is 292 Å². The lowest BCUT2D eigenvalue weighted by Gasteiger charge is -2.27. The predicted molar refractivity (Wildman–Crippen MR) is 186 cm³/mol. The number of ketones is 1. The summed E-state index contributed by atoms with van der Waals surface area (Å²) >= 11 is 3.40. The van der Waals surface area contributed by atoms with Crippen molar-refractivity contribution in [3.8, 4) is 11.1 Å². The molecule has 4 aromatic rings. The first-order valence-electron chi connectivity index (χ1n) is 16.5. The molecule has 3 atom stereocenters. The van der Waals surface area contributed by atoms with E-state index in [2.05, 4.69) is 53.4 Å². The quantitative estimate of drug-likeness (QED) is 0.178. The van der Waals surface area contributed by atoms with Gasteiger partial charge in [0.25, 0.3) is 0 Å². The number of anilines is 1. The molecule has 0 unspecified atom stereocenters. The summed E-state index contributed by atoms with van der Waals surface area (Å²) in [5, 5.41) is 8.19. The van der Waals surface area contributed by atoms with Crippen molar-refractivity contribution in [1.29, 1.82) is 0 Å². The molecule has 12 nitrogen and oxygen atoms in total. The number of benzene rings is 1. The molecule has 2 aliphatic heterocycles. The van der Waals surface area contributed by atoms with E-state index >= 15 is 0 Å². The van der Waals surface area contributed by atoms with Gasteiger partial charge < -0.3 is 15.1 Å². The lowest BCUT2D eigenvalue weighted by Crippen LogP contribution is -2.47. The number of hydrogen-bond acceptors (Lipinski definition) is 8.